The van der Waals surface area contributed by atoms with Crippen molar-refractivity contribution in [3.63, 3.8) is 0 Å². The topological polar surface area (TPSA) is 78.9 Å². The van der Waals surface area contributed by atoms with Gasteiger partial charge in [0.25, 0.3) is 0 Å². The zero-order valence-corrected chi connectivity index (χ0v) is 39.7. The predicted molar refractivity (Wildman–Crippen MR) is 247 cm³/mol. The number of carbonyl (C=O) groups excluding carboxylic acids is 3. The molecule has 0 heterocycles. The first-order chi connectivity index (χ1) is 28.2. The Bertz CT molecular complexity index is 885. The molecule has 6 heteroatoms. The second-order valence-corrected chi connectivity index (χ2v) is 18.8. The molecule has 1 atom stereocenters. The van der Waals surface area contributed by atoms with E-state index in [9.17, 15) is 14.4 Å². The number of carbonyl (C=O) groups is 3. The average Bonchev–Trinajstić information content (AvgIpc) is 3.19. The fourth-order valence-electron chi connectivity index (χ4n) is 7.81. The Morgan fingerprint density at radius 1 is 0.328 bits per heavy atom. The lowest BCUT2D eigenvalue weighted by Crippen LogP contribution is -2.30. The van der Waals surface area contributed by atoms with Gasteiger partial charge in [-0.05, 0) is 31.1 Å². The number of hydrogen-bond acceptors (Lipinski definition) is 6. The van der Waals surface area contributed by atoms with Crippen LogP contribution < -0.4 is 0 Å². The highest BCUT2D eigenvalue weighted by Gasteiger charge is 2.19. The summed E-state index contributed by atoms with van der Waals surface area (Å²) >= 11 is 0. The molecule has 0 amide bonds. The summed E-state index contributed by atoms with van der Waals surface area (Å²) in [7, 11) is 0. The maximum absolute atomic E-state index is 12.8. The highest BCUT2D eigenvalue weighted by molar-refractivity contribution is 5.71. The number of hydrogen-bond donors (Lipinski definition) is 0. The number of ether oxygens (including phenoxy) is 3. The van der Waals surface area contributed by atoms with Gasteiger partial charge in [-0.15, -0.1) is 0 Å². The molecule has 0 rings (SSSR count). The third-order valence-electron chi connectivity index (χ3n) is 11.7. The molecular weight excluding hydrogens is 721 g/mol. The Balaban J connectivity index is 4.33. The van der Waals surface area contributed by atoms with Gasteiger partial charge in [0.1, 0.15) is 13.2 Å². The molecule has 0 N–H and O–H groups in total. The summed E-state index contributed by atoms with van der Waals surface area (Å²) in [6.07, 6.45) is 45.1. The molecule has 0 saturated carbocycles. The predicted octanol–water partition coefficient (Wildman–Crippen LogP) is 16.5. The van der Waals surface area contributed by atoms with Gasteiger partial charge in [0.05, 0.1) is 0 Å². The van der Waals surface area contributed by atoms with Crippen LogP contribution in [0.4, 0.5) is 0 Å². The quantitative estimate of drug-likeness (QED) is 0.0346. The third-order valence-corrected chi connectivity index (χ3v) is 11.7. The first-order valence-electron chi connectivity index (χ1n) is 25.7. The molecule has 0 aliphatic rings. The van der Waals surface area contributed by atoms with Crippen molar-refractivity contribution < 1.29 is 28.6 Å². The SMILES string of the molecule is CCCCCCCCCCCCCCCC(=O)OC[C@@H](COC(=O)CCCCCCCCCCCCC(C)C)OC(=O)CCCCCCCCCCCCCC(C)C. The van der Waals surface area contributed by atoms with Crippen LogP contribution in [0.3, 0.4) is 0 Å². The largest absolute Gasteiger partial charge is 0.462 e. The van der Waals surface area contributed by atoms with Crippen LogP contribution in [0.1, 0.15) is 285 Å². The normalized spacial score (nSPS) is 12.1. The molecule has 344 valence electrons. The first-order valence-corrected chi connectivity index (χ1v) is 25.7. The summed E-state index contributed by atoms with van der Waals surface area (Å²) in [5.74, 6) is 0.795. The fraction of sp³-hybridized carbons (Fsp3) is 0.942. The smallest absolute Gasteiger partial charge is 0.306 e. The number of esters is 3. The molecule has 0 aromatic heterocycles. The van der Waals surface area contributed by atoms with E-state index in [0.717, 1.165) is 69.6 Å². The minimum atomic E-state index is -0.761. The van der Waals surface area contributed by atoms with Crippen molar-refractivity contribution in [3.05, 3.63) is 0 Å². The van der Waals surface area contributed by atoms with Crippen molar-refractivity contribution in [2.45, 2.75) is 291 Å². The second kappa shape index (κ2) is 44.9. The standard InChI is InChI=1S/C52H100O6/c1-6-7-8-9-10-11-12-13-16-22-27-32-37-42-50(53)56-45-49(46-57-51(54)43-38-33-28-23-19-18-21-26-31-36-41-48(4)5)58-52(55)44-39-34-29-24-17-14-15-20-25-30-35-40-47(2)3/h47-49H,6-46H2,1-5H3/t49-/m0/s1. The van der Waals surface area contributed by atoms with E-state index in [-0.39, 0.29) is 31.1 Å². The summed E-state index contributed by atoms with van der Waals surface area (Å²) in [6.45, 7) is 11.4. The summed E-state index contributed by atoms with van der Waals surface area (Å²) in [6, 6.07) is 0. The van der Waals surface area contributed by atoms with E-state index in [4.69, 9.17) is 14.2 Å². The van der Waals surface area contributed by atoms with Crippen LogP contribution >= 0.6 is 0 Å². The van der Waals surface area contributed by atoms with Gasteiger partial charge in [-0.3, -0.25) is 14.4 Å². The van der Waals surface area contributed by atoms with Gasteiger partial charge in [-0.25, -0.2) is 0 Å². The number of rotatable bonds is 46. The van der Waals surface area contributed by atoms with Crippen molar-refractivity contribution in [1.82, 2.24) is 0 Å². The van der Waals surface area contributed by atoms with Crippen LogP contribution in [-0.2, 0) is 28.6 Å². The highest BCUT2D eigenvalue weighted by Crippen LogP contribution is 2.17. The molecule has 6 nitrogen and oxygen atoms in total. The van der Waals surface area contributed by atoms with E-state index >= 15 is 0 Å². The molecule has 0 aromatic carbocycles. The molecule has 0 aromatic rings. The maximum atomic E-state index is 12.8. The Morgan fingerprint density at radius 2 is 0.569 bits per heavy atom. The van der Waals surface area contributed by atoms with Crippen molar-refractivity contribution >= 4 is 17.9 Å². The fourth-order valence-corrected chi connectivity index (χ4v) is 7.81. The maximum Gasteiger partial charge on any atom is 0.306 e. The van der Waals surface area contributed by atoms with Crippen LogP contribution in [0.25, 0.3) is 0 Å². The summed E-state index contributed by atoms with van der Waals surface area (Å²) in [4.78, 5) is 37.9. The Morgan fingerprint density at radius 3 is 0.845 bits per heavy atom. The lowest BCUT2D eigenvalue weighted by molar-refractivity contribution is -0.167. The van der Waals surface area contributed by atoms with E-state index in [0.29, 0.717) is 19.3 Å². The minimum Gasteiger partial charge on any atom is -0.462 e. The molecule has 0 aliphatic heterocycles. The summed E-state index contributed by atoms with van der Waals surface area (Å²) in [5, 5.41) is 0. The van der Waals surface area contributed by atoms with Gasteiger partial charge in [0.15, 0.2) is 6.10 Å². The highest BCUT2D eigenvalue weighted by atomic mass is 16.6. The van der Waals surface area contributed by atoms with Gasteiger partial charge >= 0.3 is 17.9 Å². The Labute approximate surface area is 361 Å². The van der Waals surface area contributed by atoms with Gasteiger partial charge < -0.3 is 14.2 Å². The molecule has 0 aliphatic carbocycles. The second-order valence-electron chi connectivity index (χ2n) is 18.8. The van der Waals surface area contributed by atoms with Gasteiger partial charge in [0, 0.05) is 19.3 Å². The molecule has 0 bridgehead atoms. The molecular formula is C52H100O6. The molecule has 0 spiro atoms. The van der Waals surface area contributed by atoms with Crippen LogP contribution in [0.2, 0.25) is 0 Å². The minimum absolute atomic E-state index is 0.0637. The number of unbranched alkanes of at least 4 members (excludes halogenated alkanes) is 31. The van der Waals surface area contributed by atoms with Crippen molar-refractivity contribution in [2.75, 3.05) is 13.2 Å². The Kier molecular flexibility index (Phi) is 43.7. The monoisotopic (exact) mass is 821 g/mol. The Hall–Kier alpha value is -1.59. The van der Waals surface area contributed by atoms with Gasteiger partial charge in [-0.1, -0.05) is 247 Å². The average molecular weight is 821 g/mol. The molecule has 0 radical (unpaired) electrons. The molecule has 0 unspecified atom stereocenters. The van der Waals surface area contributed by atoms with E-state index in [1.54, 1.807) is 0 Å². The first kappa shape index (κ1) is 56.4. The molecule has 0 fully saturated rings. The van der Waals surface area contributed by atoms with Gasteiger partial charge in [0.2, 0.25) is 0 Å². The lowest BCUT2D eigenvalue weighted by Gasteiger charge is -2.18. The van der Waals surface area contributed by atoms with Crippen molar-refractivity contribution in [2.24, 2.45) is 11.8 Å². The van der Waals surface area contributed by atoms with E-state index < -0.39 is 6.10 Å². The zero-order valence-electron chi connectivity index (χ0n) is 39.7. The van der Waals surface area contributed by atoms with E-state index in [1.807, 2.05) is 0 Å². The van der Waals surface area contributed by atoms with E-state index in [1.165, 1.54) is 173 Å². The zero-order chi connectivity index (χ0) is 42.6. The lowest BCUT2D eigenvalue weighted by atomic mass is 10.0. The summed E-state index contributed by atoms with van der Waals surface area (Å²) < 4.78 is 16.8. The van der Waals surface area contributed by atoms with Gasteiger partial charge in [-0.2, -0.15) is 0 Å². The van der Waals surface area contributed by atoms with Crippen LogP contribution in [-0.4, -0.2) is 37.2 Å². The molecule has 0 saturated heterocycles. The van der Waals surface area contributed by atoms with Crippen LogP contribution in [0, 0.1) is 11.8 Å². The van der Waals surface area contributed by atoms with Crippen molar-refractivity contribution in [1.29, 1.82) is 0 Å². The van der Waals surface area contributed by atoms with Crippen LogP contribution in [0.5, 0.6) is 0 Å². The third kappa shape index (κ3) is 45.5. The molecule has 58 heavy (non-hydrogen) atoms. The van der Waals surface area contributed by atoms with Crippen molar-refractivity contribution in [3.8, 4) is 0 Å². The van der Waals surface area contributed by atoms with E-state index in [2.05, 4.69) is 34.6 Å². The summed E-state index contributed by atoms with van der Waals surface area (Å²) in [5.41, 5.74) is 0. The van der Waals surface area contributed by atoms with Crippen LogP contribution in [0.15, 0.2) is 0 Å².